The monoisotopic (exact) mass is 303 g/mol. The molecule has 1 fully saturated rings. The zero-order chi connectivity index (χ0) is 15.7. The molecule has 22 heavy (non-hydrogen) atoms. The summed E-state index contributed by atoms with van der Waals surface area (Å²) < 4.78 is 7.52. The summed E-state index contributed by atoms with van der Waals surface area (Å²) >= 11 is 0. The van der Waals surface area contributed by atoms with Gasteiger partial charge >= 0.3 is 6.03 Å². The fourth-order valence-electron chi connectivity index (χ4n) is 2.69. The Morgan fingerprint density at radius 3 is 3.00 bits per heavy atom. The van der Waals surface area contributed by atoms with Crippen molar-refractivity contribution >= 4 is 11.7 Å². The number of amides is 2. The second-order valence-electron chi connectivity index (χ2n) is 6.19. The molecule has 2 amide bonds. The van der Waals surface area contributed by atoms with Gasteiger partial charge in [0.2, 0.25) is 0 Å². The predicted octanol–water partition coefficient (Wildman–Crippen LogP) is 1.61. The number of ether oxygens (including phenoxy) is 1. The number of hydrogen-bond donors (Lipinski definition) is 1. The SMILES string of the molecule is CC(NC(=O)N1CCOC(C)(C)C1)c1nnc2ccccn12. The van der Waals surface area contributed by atoms with Crippen LogP contribution in [-0.2, 0) is 4.74 Å². The average molecular weight is 303 g/mol. The molecule has 118 valence electrons. The van der Waals surface area contributed by atoms with Gasteiger partial charge in [0.1, 0.15) is 0 Å². The third kappa shape index (κ3) is 2.89. The first-order valence-corrected chi connectivity index (χ1v) is 7.45. The number of rotatable bonds is 2. The fourth-order valence-corrected chi connectivity index (χ4v) is 2.69. The van der Waals surface area contributed by atoms with Crippen molar-refractivity contribution in [2.24, 2.45) is 0 Å². The third-order valence-corrected chi connectivity index (χ3v) is 3.78. The van der Waals surface area contributed by atoms with Crippen molar-refractivity contribution in [1.29, 1.82) is 0 Å². The van der Waals surface area contributed by atoms with Crippen LogP contribution in [0.4, 0.5) is 4.79 Å². The van der Waals surface area contributed by atoms with Crippen LogP contribution in [0.5, 0.6) is 0 Å². The number of morpholine rings is 1. The third-order valence-electron chi connectivity index (χ3n) is 3.78. The molecule has 2 aromatic rings. The minimum Gasteiger partial charge on any atom is -0.372 e. The molecule has 2 aromatic heterocycles. The van der Waals surface area contributed by atoms with Crippen molar-refractivity contribution in [2.75, 3.05) is 19.7 Å². The Kier molecular flexibility index (Phi) is 3.74. The first kappa shape index (κ1) is 14.8. The Bertz CT molecular complexity index is 681. The summed E-state index contributed by atoms with van der Waals surface area (Å²) in [4.78, 5) is 14.2. The Hall–Kier alpha value is -2.15. The topological polar surface area (TPSA) is 71.8 Å². The summed E-state index contributed by atoms with van der Waals surface area (Å²) in [5.41, 5.74) is 0.464. The van der Waals surface area contributed by atoms with Gasteiger partial charge < -0.3 is 15.0 Å². The summed E-state index contributed by atoms with van der Waals surface area (Å²) in [6.07, 6.45) is 1.89. The first-order chi connectivity index (χ1) is 10.5. The Morgan fingerprint density at radius 1 is 1.41 bits per heavy atom. The Labute approximate surface area is 129 Å². The number of carbonyl (C=O) groups is 1. The van der Waals surface area contributed by atoms with Gasteiger partial charge in [0.15, 0.2) is 11.5 Å². The van der Waals surface area contributed by atoms with Gasteiger partial charge in [-0.3, -0.25) is 4.40 Å². The summed E-state index contributed by atoms with van der Waals surface area (Å²) in [6, 6.07) is 5.38. The number of aromatic nitrogens is 3. The van der Waals surface area contributed by atoms with Crippen molar-refractivity contribution < 1.29 is 9.53 Å². The lowest BCUT2D eigenvalue weighted by Crippen LogP contribution is -2.53. The van der Waals surface area contributed by atoms with Crippen LogP contribution in [-0.4, -0.2) is 50.8 Å². The highest BCUT2D eigenvalue weighted by molar-refractivity contribution is 5.74. The van der Waals surface area contributed by atoms with E-state index in [1.807, 2.05) is 49.6 Å². The molecule has 0 saturated carbocycles. The molecule has 1 aliphatic heterocycles. The Morgan fingerprint density at radius 2 is 2.23 bits per heavy atom. The maximum Gasteiger partial charge on any atom is 0.318 e. The maximum atomic E-state index is 12.4. The van der Waals surface area contributed by atoms with Crippen LogP contribution in [0.2, 0.25) is 0 Å². The normalized spacial score (nSPS) is 19.1. The highest BCUT2D eigenvalue weighted by Crippen LogP contribution is 2.18. The lowest BCUT2D eigenvalue weighted by molar-refractivity contribution is -0.0735. The summed E-state index contributed by atoms with van der Waals surface area (Å²) in [7, 11) is 0. The number of carbonyl (C=O) groups excluding carboxylic acids is 1. The molecular weight excluding hydrogens is 282 g/mol. The van der Waals surface area contributed by atoms with Gasteiger partial charge in [0.25, 0.3) is 0 Å². The number of nitrogens with one attached hydrogen (secondary N) is 1. The number of urea groups is 1. The van der Waals surface area contributed by atoms with Crippen molar-refractivity contribution in [1.82, 2.24) is 24.8 Å². The van der Waals surface area contributed by atoms with E-state index in [9.17, 15) is 4.79 Å². The largest absolute Gasteiger partial charge is 0.372 e. The molecule has 7 nitrogen and oxygen atoms in total. The fraction of sp³-hybridized carbons (Fsp3) is 0.533. The van der Waals surface area contributed by atoms with E-state index in [0.29, 0.717) is 19.7 Å². The molecule has 3 rings (SSSR count). The van der Waals surface area contributed by atoms with Crippen LogP contribution in [0.1, 0.15) is 32.6 Å². The van der Waals surface area contributed by atoms with Crippen LogP contribution in [0.3, 0.4) is 0 Å². The molecule has 1 aliphatic rings. The van der Waals surface area contributed by atoms with E-state index in [1.165, 1.54) is 0 Å². The molecular formula is C15H21N5O2. The average Bonchev–Trinajstić information content (AvgIpc) is 2.90. The van der Waals surface area contributed by atoms with E-state index in [2.05, 4.69) is 15.5 Å². The van der Waals surface area contributed by atoms with E-state index in [1.54, 1.807) is 4.90 Å². The highest BCUT2D eigenvalue weighted by Gasteiger charge is 2.30. The summed E-state index contributed by atoms with van der Waals surface area (Å²) in [5.74, 6) is 0.719. The van der Waals surface area contributed by atoms with Crippen molar-refractivity contribution in [3.63, 3.8) is 0 Å². The van der Waals surface area contributed by atoms with Gasteiger partial charge in [-0.2, -0.15) is 0 Å². The van der Waals surface area contributed by atoms with E-state index in [4.69, 9.17) is 4.74 Å². The number of pyridine rings is 1. The molecule has 3 heterocycles. The van der Waals surface area contributed by atoms with Gasteiger partial charge in [-0.05, 0) is 32.9 Å². The van der Waals surface area contributed by atoms with Crippen molar-refractivity contribution in [2.45, 2.75) is 32.4 Å². The summed E-state index contributed by atoms with van der Waals surface area (Å²) in [6.45, 7) is 7.62. The van der Waals surface area contributed by atoms with Crippen molar-refractivity contribution in [3.05, 3.63) is 30.2 Å². The molecule has 1 saturated heterocycles. The molecule has 0 aromatic carbocycles. The quantitative estimate of drug-likeness (QED) is 0.915. The molecule has 1 N–H and O–H groups in total. The summed E-state index contributed by atoms with van der Waals surface area (Å²) in [5, 5.41) is 11.3. The number of nitrogens with zero attached hydrogens (tertiary/aromatic N) is 4. The van der Waals surface area contributed by atoms with Gasteiger partial charge in [0.05, 0.1) is 24.8 Å². The van der Waals surface area contributed by atoms with E-state index in [0.717, 1.165) is 11.5 Å². The van der Waals surface area contributed by atoms with Crippen LogP contribution >= 0.6 is 0 Å². The minimum atomic E-state index is -0.305. The molecule has 0 bridgehead atoms. The van der Waals surface area contributed by atoms with E-state index < -0.39 is 0 Å². The maximum absolute atomic E-state index is 12.4. The van der Waals surface area contributed by atoms with Crippen molar-refractivity contribution in [3.8, 4) is 0 Å². The van der Waals surface area contributed by atoms with Crippen LogP contribution in [0.15, 0.2) is 24.4 Å². The smallest absolute Gasteiger partial charge is 0.318 e. The zero-order valence-corrected chi connectivity index (χ0v) is 13.1. The standard InChI is InChI=1S/C15H21N5O2/c1-11(13-18-17-12-6-4-5-7-20(12)13)16-14(21)19-8-9-22-15(2,3)10-19/h4-7,11H,8-10H2,1-3H3,(H,16,21). The van der Waals surface area contributed by atoms with Gasteiger partial charge in [-0.15, -0.1) is 10.2 Å². The molecule has 0 spiro atoms. The van der Waals surface area contributed by atoms with Gasteiger partial charge in [0, 0.05) is 12.7 Å². The van der Waals surface area contributed by atoms with Crippen LogP contribution in [0.25, 0.3) is 5.65 Å². The number of fused-ring (bicyclic) bond motifs is 1. The molecule has 7 heteroatoms. The molecule has 0 aliphatic carbocycles. The lowest BCUT2D eigenvalue weighted by atomic mass is 10.1. The van der Waals surface area contributed by atoms with Gasteiger partial charge in [-0.25, -0.2) is 4.79 Å². The lowest BCUT2D eigenvalue weighted by Gasteiger charge is -2.38. The molecule has 1 unspecified atom stereocenters. The molecule has 0 radical (unpaired) electrons. The second-order valence-corrected chi connectivity index (χ2v) is 6.19. The highest BCUT2D eigenvalue weighted by atomic mass is 16.5. The molecule has 1 atom stereocenters. The Balaban J connectivity index is 1.71. The van der Waals surface area contributed by atoms with E-state index in [-0.39, 0.29) is 17.7 Å². The van der Waals surface area contributed by atoms with Gasteiger partial charge in [-0.1, -0.05) is 6.07 Å². The minimum absolute atomic E-state index is 0.100. The zero-order valence-electron chi connectivity index (χ0n) is 13.1. The van der Waals surface area contributed by atoms with Crippen LogP contribution in [0, 0.1) is 0 Å². The number of hydrogen-bond acceptors (Lipinski definition) is 4. The second kappa shape index (κ2) is 5.57. The van der Waals surface area contributed by atoms with E-state index >= 15 is 0 Å². The predicted molar refractivity (Wildman–Crippen MR) is 81.5 cm³/mol. The van der Waals surface area contributed by atoms with Crippen LogP contribution < -0.4 is 5.32 Å². The first-order valence-electron chi connectivity index (χ1n) is 7.45.